The van der Waals surface area contributed by atoms with Crippen molar-refractivity contribution >= 4 is 46.0 Å². The van der Waals surface area contributed by atoms with Gasteiger partial charge in [0.2, 0.25) is 0 Å². The number of fused-ring (bicyclic) bond motifs is 1. The Balaban J connectivity index is 1.57. The van der Waals surface area contributed by atoms with Gasteiger partial charge in [-0.2, -0.15) is 0 Å². The molecular formula is C24H25N4S2+. The highest BCUT2D eigenvalue weighted by atomic mass is 32.1. The summed E-state index contributed by atoms with van der Waals surface area (Å²) in [5.74, 6) is 0. The fraction of sp³-hybridized carbons (Fsp3) is 0.167. The van der Waals surface area contributed by atoms with Crippen LogP contribution in [0.5, 0.6) is 0 Å². The third-order valence-corrected chi connectivity index (χ3v) is 5.88. The minimum atomic E-state index is 0.265. The zero-order valence-corrected chi connectivity index (χ0v) is 18.3. The molecule has 1 aliphatic rings. The van der Waals surface area contributed by atoms with Crippen LogP contribution in [0.25, 0.3) is 0 Å². The van der Waals surface area contributed by atoms with Crippen LogP contribution < -0.4 is 16.0 Å². The topological polar surface area (TPSA) is 43.9 Å². The van der Waals surface area contributed by atoms with Crippen molar-refractivity contribution in [1.82, 2.24) is 4.90 Å². The van der Waals surface area contributed by atoms with Crippen LogP contribution in [0, 0.1) is 0 Å². The van der Waals surface area contributed by atoms with Crippen molar-refractivity contribution in [2.24, 2.45) is 0 Å². The summed E-state index contributed by atoms with van der Waals surface area (Å²) >= 11 is 11.6. The van der Waals surface area contributed by atoms with Crippen LogP contribution >= 0.6 is 24.4 Å². The van der Waals surface area contributed by atoms with Crippen molar-refractivity contribution in [3.63, 3.8) is 0 Å². The molecule has 3 aromatic rings. The van der Waals surface area contributed by atoms with Gasteiger partial charge >= 0.3 is 0 Å². The van der Waals surface area contributed by atoms with E-state index in [9.17, 15) is 0 Å². The molecule has 30 heavy (non-hydrogen) atoms. The van der Waals surface area contributed by atoms with E-state index in [0.717, 1.165) is 24.3 Å². The maximum Gasteiger partial charge on any atom is 0.179 e. The van der Waals surface area contributed by atoms with Crippen LogP contribution in [0.2, 0.25) is 0 Å². The largest absolute Gasteiger partial charge is 0.338 e. The molecule has 0 unspecified atom stereocenters. The molecule has 0 aromatic heterocycles. The van der Waals surface area contributed by atoms with E-state index in [4.69, 9.17) is 24.4 Å². The zero-order valence-electron chi connectivity index (χ0n) is 16.6. The molecule has 4 nitrogen and oxygen atoms in total. The number of anilines is 2. The Bertz CT molecular complexity index is 954. The predicted octanol–water partition coefficient (Wildman–Crippen LogP) is 3.94. The van der Waals surface area contributed by atoms with Crippen molar-refractivity contribution in [3.8, 4) is 0 Å². The molecule has 1 atom stereocenters. The number of hydrogen-bond acceptors (Lipinski definition) is 2. The average molecular weight is 434 g/mol. The number of nitrogens with two attached hydrogens (primary N) is 1. The molecule has 0 radical (unpaired) electrons. The van der Waals surface area contributed by atoms with Gasteiger partial charge in [0.1, 0.15) is 6.04 Å². The molecule has 0 amide bonds. The maximum absolute atomic E-state index is 5.79. The Morgan fingerprint density at radius 2 is 1.33 bits per heavy atom. The fourth-order valence-electron chi connectivity index (χ4n) is 3.74. The Morgan fingerprint density at radius 3 is 1.93 bits per heavy atom. The Hall–Kier alpha value is -2.80. The molecule has 3 aromatic carbocycles. The molecule has 1 heterocycles. The zero-order chi connectivity index (χ0) is 20.8. The molecule has 152 valence electrons. The van der Waals surface area contributed by atoms with Crippen LogP contribution in [0.3, 0.4) is 0 Å². The molecule has 0 saturated heterocycles. The normalized spacial score (nSPS) is 15.0. The number of benzene rings is 3. The van der Waals surface area contributed by atoms with Gasteiger partial charge in [0.15, 0.2) is 10.2 Å². The molecular weight excluding hydrogens is 408 g/mol. The summed E-state index contributed by atoms with van der Waals surface area (Å²) in [6.45, 7) is 1.75. The van der Waals surface area contributed by atoms with E-state index in [-0.39, 0.29) is 6.04 Å². The monoisotopic (exact) mass is 433 g/mol. The van der Waals surface area contributed by atoms with E-state index >= 15 is 0 Å². The maximum atomic E-state index is 5.79. The van der Waals surface area contributed by atoms with E-state index in [1.807, 2.05) is 65.6 Å². The van der Waals surface area contributed by atoms with Gasteiger partial charge in [-0.1, -0.05) is 60.7 Å². The second-order valence-corrected chi connectivity index (χ2v) is 8.06. The minimum absolute atomic E-state index is 0.265. The summed E-state index contributed by atoms with van der Waals surface area (Å²) in [4.78, 5) is 1.99. The first-order chi connectivity index (χ1) is 14.7. The lowest BCUT2D eigenvalue weighted by Crippen LogP contribution is -2.88. The molecule has 6 heteroatoms. The first kappa shape index (κ1) is 20.5. The van der Waals surface area contributed by atoms with Gasteiger partial charge < -0.3 is 16.0 Å². The van der Waals surface area contributed by atoms with Gasteiger partial charge in [-0.05, 0) is 54.3 Å². The van der Waals surface area contributed by atoms with Crippen LogP contribution in [0.4, 0.5) is 11.4 Å². The number of quaternary nitrogens is 1. The highest BCUT2D eigenvalue weighted by molar-refractivity contribution is 7.82. The highest BCUT2D eigenvalue weighted by Crippen LogP contribution is 2.21. The van der Waals surface area contributed by atoms with Crippen molar-refractivity contribution in [2.75, 3.05) is 23.7 Å². The summed E-state index contributed by atoms with van der Waals surface area (Å²) in [5.41, 5.74) is 4.67. The lowest BCUT2D eigenvalue weighted by atomic mass is 9.94. The number of nitrogens with one attached hydrogen (secondary N) is 2. The molecule has 4 N–H and O–H groups in total. The smallest absolute Gasteiger partial charge is 0.179 e. The van der Waals surface area contributed by atoms with Crippen LogP contribution in [-0.2, 0) is 6.42 Å². The van der Waals surface area contributed by atoms with Crippen molar-refractivity contribution in [1.29, 1.82) is 0 Å². The summed E-state index contributed by atoms with van der Waals surface area (Å²) in [6.07, 6.45) is 1.09. The lowest BCUT2D eigenvalue weighted by Gasteiger charge is -2.32. The molecule has 0 saturated carbocycles. The summed E-state index contributed by atoms with van der Waals surface area (Å²) in [6, 6.07) is 28.9. The van der Waals surface area contributed by atoms with E-state index in [1.54, 1.807) is 0 Å². The van der Waals surface area contributed by atoms with Crippen molar-refractivity contribution < 1.29 is 5.32 Å². The number of thiocarbonyl (C=S) groups is 2. The minimum Gasteiger partial charge on any atom is -0.338 e. The number of hydrogen-bond donors (Lipinski definition) is 3. The summed E-state index contributed by atoms with van der Waals surface area (Å²) in [5, 5.41) is 10.2. The first-order valence-corrected chi connectivity index (χ1v) is 10.9. The van der Waals surface area contributed by atoms with Gasteiger partial charge in [-0.25, -0.2) is 0 Å². The molecule has 1 aliphatic heterocycles. The van der Waals surface area contributed by atoms with Crippen LogP contribution in [0.1, 0.15) is 17.2 Å². The third kappa shape index (κ3) is 5.02. The van der Waals surface area contributed by atoms with Gasteiger partial charge in [-0.15, -0.1) is 0 Å². The van der Waals surface area contributed by atoms with Crippen LogP contribution in [0.15, 0.2) is 84.9 Å². The fourth-order valence-corrected chi connectivity index (χ4v) is 4.37. The SMILES string of the molecule is S=C(Nc1ccccc1)N(C[C@@H]1[NH2+]CCc2ccccc21)C(=S)Nc1ccccc1. The van der Waals surface area contributed by atoms with E-state index in [0.29, 0.717) is 16.8 Å². The first-order valence-electron chi connectivity index (χ1n) is 10.1. The van der Waals surface area contributed by atoms with Crippen LogP contribution in [-0.4, -0.2) is 28.2 Å². The molecule has 0 bridgehead atoms. The third-order valence-electron chi connectivity index (χ3n) is 5.24. The van der Waals surface area contributed by atoms with E-state index in [1.165, 1.54) is 11.1 Å². The summed E-state index contributed by atoms with van der Waals surface area (Å²) < 4.78 is 0. The van der Waals surface area contributed by atoms with Crippen molar-refractivity contribution in [3.05, 3.63) is 96.1 Å². The van der Waals surface area contributed by atoms with Gasteiger partial charge in [-0.3, -0.25) is 4.90 Å². The quantitative estimate of drug-likeness (QED) is 0.544. The second-order valence-electron chi connectivity index (χ2n) is 7.28. The number of rotatable bonds is 4. The standard InChI is InChI=1S/C24H24N4S2/c29-23(26-19-10-3-1-4-11-19)28(24(30)27-20-12-5-2-6-13-20)17-22-21-14-8-7-9-18(21)15-16-25-22/h1-14,22,25H,15-17H2,(H,26,29)(H,27,30)/p+1/t22-/m0/s1. The Morgan fingerprint density at radius 1 is 0.800 bits per heavy atom. The molecule has 0 aliphatic carbocycles. The lowest BCUT2D eigenvalue weighted by molar-refractivity contribution is -0.698. The Labute approximate surface area is 188 Å². The summed E-state index contributed by atoms with van der Waals surface area (Å²) in [7, 11) is 0. The second kappa shape index (κ2) is 9.80. The average Bonchev–Trinajstić information content (AvgIpc) is 2.78. The van der Waals surface area contributed by atoms with Gasteiger partial charge in [0.05, 0.1) is 13.1 Å². The van der Waals surface area contributed by atoms with E-state index < -0.39 is 0 Å². The van der Waals surface area contributed by atoms with E-state index in [2.05, 4.69) is 40.2 Å². The highest BCUT2D eigenvalue weighted by Gasteiger charge is 2.28. The predicted molar refractivity (Wildman–Crippen MR) is 132 cm³/mol. The number of nitrogens with zero attached hydrogens (tertiary/aromatic N) is 1. The van der Waals surface area contributed by atoms with Crippen molar-refractivity contribution in [2.45, 2.75) is 12.5 Å². The molecule has 0 fully saturated rings. The van der Waals surface area contributed by atoms with Gasteiger partial charge in [0.25, 0.3) is 0 Å². The molecule has 4 rings (SSSR count). The van der Waals surface area contributed by atoms with Gasteiger partial charge in [0, 0.05) is 23.4 Å². The molecule has 0 spiro atoms. The Kier molecular flexibility index (Phi) is 6.69. The number of para-hydroxylation sites is 2.